The predicted octanol–water partition coefficient (Wildman–Crippen LogP) is 5.08. The lowest BCUT2D eigenvalue weighted by Gasteiger charge is -2.09. The molecule has 0 aromatic heterocycles. The fourth-order valence-corrected chi connectivity index (χ4v) is 2.47. The minimum Gasteiger partial charge on any atom is -0.322 e. The first-order valence-corrected chi connectivity index (χ1v) is 7.39. The number of halogens is 2. The molecule has 0 spiro atoms. The number of anilines is 1. The van der Waals surface area contributed by atoms with E-state index in [1.54, 1.807) is 6.07 Å². The first kappa shape index (κ1) is 14.3. The number of aryl methyl sites for hydroxylation is 2. The Kier molecular flexibility index (Phi) is 4.42. The molecule has 1 amide bonds. The number of nitrogens with one attached hydrogen (secondary N) is 1. The molecule has 98 valence electrons. The van der Waals surface area contributed by atoms with Crippen molar-refractivity contribution in [2.24, 2.45) is 0 Å². The normalized spacial score (nSPS) is 10.3. The summed E-state index contributed by atoms with van der Waals surface area (Å²) < 4.78 is 2.01. The monoisotopic (exact) mass is 381 g/mol. The fourth-order valence-electron chi connectivity index (χ4n) is 1.75. The highest BCUT2D eigenvalue weighted by molar-refractivity contribution is 9.10. The summed E-state index contributed by atoms with van der Waals surface area (Å²) in [4.78, 5) is 12.2. The molecular formula is C15H13Br2NO. The summed E-state index contributed by atoms with van der Waals surface area (Å²) in [5, 5.41) is 2.93. The van der Waals surface area contributed by atoms with Gasteiger partial charge >= 0.3 is 0 Å². The lowest BCUT2D eigenvalue weighted by atomic mass is 10.1. The van der Waals surface area contributed by atoms with Crippen LogP contribution in [0.2, 0.25) is 0 Å². The molecule has 0 aliphatic heterocycles. The maximum absolute atomic E-state index is 12.2. The third-order valence-electron chi connectivity index (χ3n) is 2.86. The van der Waals surface area contributed by atoms with Crippen molar-refractivity contribution in [2.75, 3.05) is 5.32 Å². The van der Waals surface area contributed by atoms with Crippen molar-refractivity contribution >= 4 is 43.5 Å². The van der Waals surface area contributed by atoms with Gasteiger partial charge in [0, 0.05) is 20.2 Å². The second kappa shape index (κ2) is 5.88. The average molecular weight is 383 g/mol. The molecule has 0 fully saturated rings. The Labute approximate surface area is 129 Å². The molecule has 0 aliphatic carbocycles. The Morgan fingerprint density at radius 3 is 2.37 bits per heavy atom. The summed E-state index contributed by atoms with van der Waals surface area (Å²) in [6.07, 6.45) is 0. The Hall–Kier alpha value is -1.13. The molecule has 0 heterocycles. The highest BCUT2D eigenvalue weighted by atomic mass is 79.9. The summed E-state index contributed by atoms with van der Waals surface area (Å²) in [6.45, 7) is 3.93. The van der Waals surface area contributed by atoms with Crippen LogP contribution in [0.5, 0.6) is 0 Å². The lowest BCUT2D eigenvalue weighted by molar-refractivity contribution is 0.102. The first-order valence-electron chi connectivity index (χ1n) is 5.81. The van der Waals surface area contributed by atoms with E-state index in [0.29, 0.717) is 5.56 Å². The van der Waals surface area contributed by atoms with Gasteiger partial charge < -0.3 is 5.32 Å². The maximum Gasteiger partial charge on any atom is 0.255 e. The molecule has 2 rings (SSSR count). The molecular weight excluding hydrogens is 370 g/mol. The Balaban J connectivity index is 2.23. The Bertz CT molecular complexity index is 638. The van der Waals surface area contributed by atoms with Crippen LogP contribution in [0, 0.1) is 13.8 Å². The minimum absolute atomic E-state index is 0.0963. The van der Waals surface area contributed by atoms with E-state index in [1.165, 1.54) is 0 Å². The van der Waals surface area contributed by atoms with Gasteiger partial charge in [-0.05, 0) is 61.4 Å². The fraction of sp³-hybridized carbons (Fsp3) is 0.133. The van der Waals surface area contributed by atoms with Gasteiger partial charge in [-0.15, -0.1) is 0 Å². The zero-order valence-corrected chi connectivity index (χ0v) is 13.8. The highest BCUT2D eigenvalue weighted by Gasteiger charge is 2.09. The van der Waals surface area contributed by atoms with E-state index in [0.717, 1.165) is 25.8 Å². The number of hydrogen-bond donors (Lipinski definition) is 1. The van der Waals surface area contributed by atoms with E-state index in [9.17, 15) is 4.79 Å². The molecule has 2 nitrogen and oxygen atoms in total. The standard InChI is InChI=1S/C15H13Br2NO/c1-9-7-11(3-5-13(9)17)15(19)18-14-6-4-12(16)8-10(14)2/h3-8H,1-2H3,(H,18,19). The maximum atomic E-state index is 12.2. The molecule has 1 N–H and O–H groups in total. The van der Waals surface area contributed by atoms with Gasteiger partial charge in [0.2, 0.25) is 0 Å². The van der Waals surface area contributed by atoms with Crippen LogP contribution >= 0.6 is 31.9 Å². The molecule has 0 atom stereocenters. The zero-order chi connectivity index (χ0) is 14.0. The van der Waals surface area contributed by atoms with Crippen molar-refractivity contribution in [3.05, 3.63) is 62.0 Å². The number of carbonyl (C=O) groups excluding carboxylic acids is 1. The number of hydrogen-bond acceptors (Lipinski definition) is 1. The molecule has 0 saturated heterocycles. The van der Waals surface area contributed by atoms with Crippen LogP contribution in [-0.2, 0) is 0 Å². The van der Waals surface area contributed by atoms with Crippen LogP contribution in [0.4, 0.5) is 5.69 Å². The molecule has 2 aromatic carbocycles. The lowest BCUT2D eigenvalue weighted by Crippen LogP contribution is -2.12. The van der Waals surface area contributed by atoms with Gasteiger partial charge in [-0.3, -0.25) is 4.79 Å². The van der Waals surface area contributed by atoms with Crippen molar-refractivity contribution in [1.29, 1.82) is 0 Å². The third-order valence-corrected chi connectivity index (χ3v) is 4.24. The minimum atomic E-state index is -0.0963. The summed E-state index contributed by atoms with van der Waals surface area (Å²) in [7, 11) is 0. The van der Waals surface area contributed by atoms with Gasteiger partial charge in [-0.1, -0.05) is 31.9 Å². The van der Waals surface area contributed by atoms with Gasteiger partial charge in [0.25, 0.3) is 5.91 Å². The molecule has 0 bridgehead atoms. The second-order valence-corrected chi connectivity index (χ2v) is 6.15. The Morgan fingerprint density at radius 2 is 1.74 bits per heavy atom. The largest absolute Gasteiger partial charge is 0.322 e. The first-order chi connectivity index (χ1) is 8.97. The van der Waals surface area contributed by atoms with Crippen LogP contribution < -0.4 is 5.32 Å². The number of rotatable bonds is 2. The van der Waals surface area contributed by atoms with E-state index in [2.05, 4.69) is 37.2 Å². The summed E-state index contributed by atoms with van der Waals surface area (Å²) in [6, 6.07) is 11.3. The van der Waals surface area contributed by atoms with E-state index >= 15 is 0 Å². The number of carbonyl (C=O) groups is 1. The number of benzene rings is 2. The second-order valence-electron chi connectivity index (χ2n) is 4.38. The van der Waals surface area contributed by atoms with Crippen LogP contribution in [0.3, 0.4) is 0 Å². The van der Waals surface area contributed by atoms with E-state index in [1.807, 2.05) is 44.2 Å². The van der Waals surface area contributed by atoms with Crippen LogP contribution in [0.1, 0.15) is 21.5 Å². The van der Waals surface area contributed by atoms with Crippen LogP contribution in [0.25, 0.3) is 0 Å². The Morgan fingerprint density at radius 1 is 1.00 bits per heavy atom. The van der Waals surface area contributed by atoms with Gasteiger partial charge in [-0.2, -0.15) is 0 Å². The third kappa shape index (κ3) is 3.45. The molecule has 0 unspecified atom stereocenters. The van der Waals surface area contributed by atoms with Crippen molar-refractivity contribution in [1.82, 2.24) is 0 Å². The van der Waals surface area contributed by atoms with Gasteiger partial charge in [0.05, 0.1) is 0 Å². The van der Waals surface area contributed by atoms with Gasteiger partial charge in [-0.25, -0.2) is 0 Å². The quantitative estimate of drug-likeness (QED) is 0.770. The van der Waals surface area contributed by atoms with E-state index in [-0.39, 0.29) is 5.91 Å². The molecule has 2 aromatic rings. The summed E-state index contributed by atoms with van der Waals surface area (Å²) in [5.41, 5.74) is 3.55. The molecule has 0 aliphatic rings. The van der Waals surface area contributed by atoms with Crippen LogP contribution in [0.15, 0.2) is 45.3 Å². The average Bonchev–Trinajstić information content (AvgIpc) is 2.36. The van der Waals surface area contributed by atoms with E-state index < -0.39 is 0 Å². The van der Waals surface area contributed by atoms with Crippen LogP contribution in [-0.4, -0.2) is 5.91 Å². The molecule has 19 heavy (non-hydrogen) atoms. The highest BCUT2D eigenvalue weighted by Crippen LogP contribution is 2.22. The van der Waals surface area contributed by atoms with Gasteiger partial charge in [0.1, 0.15) is 0 Å². The van der Waals surface area contributed by atoms with Crippen molar-refractivity contribution in [3.8, 4) is 0 Å². The smallest absolute Gasteiger partial charge is 0.255 e. The topological polar surface area (TPSA) is 29.1 Å². The molecule has 4 heteroatoms. The van der Waals surface area contributed by atoms with Crippen molar-refractivity contribution in [2.45, 2.75) is 13.8 Å². The molecule has 0 radical (unpaired) electrons. The van der Waals surface area contributed by atoms with Gasteiger partial charge in [0.15, 0.2) is 0 Å². The van der Waals surface area contributed by atoms with E-state index in [4.69, 9.17) is 0 Å². The predicted molar refractivity (Wildman–Crippen MR) is 85.7 cm³/mol. The number of amides is 1. The summed E-state index contributed by atoms with van der Waals surface area (Å²) in [5.74, 6) is -0.0963. The zero-order valence-electron chi connectivity index (χ0n) is 10.6. The SMILES string of the molecule is Cc1cc(C(=O)Nc2ccc(Br)cc2C)ccc1Br. The van der Waals surface area contributed by atoms with Crippen molar-refractivity contribution < 1.29 is 4.79 Å². The van der Waals surface area contributed by atoms with Crippen molar-refractivity contribution in [3.63, 3.8) is 0 Å². The molecule has 0 saturated carbocycles. The summed E-state index contributed by atoms with van der Waals surface area (Å²) >= 11 is 6.83.